The van der Waals surface area contributed by atoms with Crippen molar-refractivity contribution in [2.45, 2.75) is 51.1 Å². The molecule has 0 aliphatic carbocycles. The number of halogens is 1. The molecule has 2 amide bonds. The number of unbranched alkanes of at least 4 members (excludes halogenated alkanes) is 1. The third-order valence-corrected chi connectivity index (χ3v) is 8.31. The Morgan fingerprint density at radius 3 is 2.30 bits per heavy atom. The van der Waals surface area contributed by atoms with Crippen molar-refractivity contribution < 1.29 is 22.7 Å². The quantitative estimate of drug-likeness (QED) is 0.260. The highest BCUT2D eigenvalue weighted by atomic mass is 35.5. The maximum atomic E-state index is 13.9. The zero-order valence-electron chi connectivity index (χ0n) is 23.0. The first-order chi connectivity index (χ1) is 19.2. The fourth-order valence-corrected chi connectivity index (χ4v) is 5.72. The molecule has 8 nitrogen and oxygen atoms in total. The summed E-state index contributed by atoms with van der Waals surface area (Å²) in [5.74, 6) is -0.275. The minimum absolute atomic E-state index is 0.0448. The maximum absolute atomic E-state index is 13.9. The van der Waals surface area contributed by atoms with E-state index in [1.807, 2.05) is 13.8 Å². The molecule has 1 unspecified atom stereocenters. The van der Waals surface area contributed by atoms with Crippen molar-refractivity contribution in [3.63, 3.8) is 0 Å². The van der Waals surface area contributed by atoms with Gasteiger partial charge in [0.05, 0.1) is 17.2 Å². The number of hydrogen-bond acceptors (Lipinski definition) is 5. The number of nitrogens with zero attached hydrogens (tertiary/aromatic N) is 2. The van der Waals surface area contributed by atoms with Gasteiger partial charge in [-0.05, 0) is 74.4 Å². The Hall–Kier alpha value is -3.56. The lowest BCUT2D eigenvalue weighted by Gasteiger charge is -2.32. The van der Waals surface area contributed by atoms with E-state index in [9.17, 15) is 18.0 Å². The van der Waals surface area contributed by atoms with E-state index in [0.29, 0.717) is 35.2 Å². The van der Waals surface area contributed by atoms with Crippen molar-refractivity contribution in [1.29, 1.82) is 0 Å². The fraction of sp³-hybridized carbons (Fsp3) is 0.333. The largest absolute Gasteiger partial charge is 0.494 e. The molecular formula is C30H36ClN3O5S. The van der Waals surface area contributed by atoms with E-state index in [1.165, 1.54) is 17.0 Å². The lowest BCUT2D eigenvalue weighted by molar-refractivity contribution is -0.139. The number of rotatable bonds is 14. The summed E-state index contributed by atoms with van der Waals surface area (Å²) in [6.45, 7) is 6.01. The highest BCUT2D eigenvalue weighted by Crippen LogP contribution is 2.26. The van der Waals surface area contributed by atoms with Gasteiger partial charge in [0, 0.05) is 18.1 Å². The van der Waals surface area contributed by atoms with Gasteiger partial charge in [-0.3, -0.25) is 13.9 Å². The molecule has 0 spiro atoms. The molecule has 40 heavy (non-hydrogen) atoms. The summed E-state index contributed by atoms with van der Waals surface area (Å²) in [7, 11) is -4.13. The van der Waals surface area contributed by atoms with E-state index < -0.39 is 28.5 Å². The smallest absolute Gasteiger partial charge is 0.264 e. The van der Waals surface area contributed by atoms with E-state index in [-0.39, 0.29) is 17.3 Å². The van der Waals surface area contributed by atoms with Crippen LogP contribution in [0.3, 0.4) is 0 Å². The Bertz CT molecular complexity index is 1370. The Morgan fingerprint density at radius 2 is 1.68 bits per heavy atom. The van der Waals surface area contributed by atoms with Crippen LogP contribution in [0.2, 0.25) is 5.02 Å². The average molecular weight is 586 g/mol. The number of hydrogen-bond donors (Lipinski definition) is 1. The van der Waals surface area contributed by atoms with Gasteiger partial charge in [0.1, 0.15) is 18.3 Å². The Balaban J connectivity index is 1.99. The van der Waals surface area contributed by atoms with Crippen LogP contribution < -0.4 is 14.4 Å². The molecule has 0 saturated carbocycles. The summed E-state index contributed by atoms with van der Waals surface area (Å²) in [5, 5.41) is 3.36. The standard InChI is InChI=1S/C30H36ClN3O5S/c1-4-6-19-32-30(36)23(3)33(21-24-11-10-12-25(31)20-24)29(35)22-34(26-15-17-27(18-16-26)39-5-2)40(37,38)28-13-8-7-9-14-28/h7-18,20,23H,4-6,19,21-22H2,1-3H3,(H,32,36). The summed E-state index contributed by atoms with van der Waals surface area (Å²) in [6.07, 6.45) is 1.72. The highest BCUT2D eigenvalue weighted by molar-refractivity contribution is 7.92. The number of nitrogens with one attached hydrogen (secondary N) is 1. The van der Waals surface area contributed by atoms with Crippen molar-refractivity contribution in [3.05, 3.63) is 89.4 Å². The van der Waals surface area contributed by atoms with Crippen LogP contribution in [0.4, 0.5) is 5.69 Å². The first-order valence-corrected chi connectivity index (χ1v) is 15.1. The molecule has 0 aliphatic rings. The van der Waals surface area contributed by atoms with Gasteiger partial charge in [-0.2, -0.15) is 0 Å². The molecule has 10 heteroatoms. The number of amides is 2. The van der Waals surface area contributed by atoms with Gasteiger partial charge >= 0.3 is 0 Å². The Morgan fingerprint density at radius 1 is 0.975 bits per heavy atom. The van der Waals surface area contributed by atoms with E-state index >= 15 is 0 Å². The maximum Gasteiger partial charge on any atom is 0.264 e. The zero-order valence-corrected chi connectivity index (χ0v) is 24.6. The second-order valence-electron chi connectivity index (χ2n) is 9.22. The van der Waals surface area contributed by atoms with Crippen LogP contribution in [0.25, 0.3) is 0 Å². The number of carbonyl (C=O) groups is 2. The fourth-order valence-electron chi connectivity index (χ4n) is 4.07. The lowest BCUT2D eigenvalue weighted by Crippen LogP contribution is -2.51. The molecule has 0 heterocycles. The first-order valence-electron chi connectivity index (χ1n) is 13.3. The van der Waals surface area contributed by atoms with Gasteiger partial charge in [0.25, 0.3) is 10.0 Å². The predicted octanol–water partition coefficient (Wildman–Crippen LogP) is 5.27. The molecule has 0 saturated heterocycles. The molecular weight excluding hydrogens is 550 g/mol. The minimum atomic E-state index is -4.13. The number of benzene rings is 3. The first kappa shape index (κ1) is 31.0. The number of anilines is 1. The molecule has 0 fully saturated rings. The number of carbonyl (C=O) groups excluding carboxylic acids is 2. The van der Waals surface area contributed by atoms with Gasteiger partial charge in [-0.15, -0.1) is 0 Å². The number of ether oxygens (including phenoxy) is 1. The normalized spacial score (nSPS) is 11.9. The van der Waals surface area contributed by atoms with Gasteiger partial charge < -0.3 is 15.0 Å². The molecule has 0 radical (unpaired) electrons. The van der Waals surface area contributed by atoms with E-state index in [1.54, 1.807) is 73.7 Å². The van der Waals surface area contributed by atoms with Crippen molar-refractivity contribution in [2.75, 3.05) is 24.0 Å². The van der Waals surface area contributed by atoms with Crippen LogP contribution in [0.15, 0.2) is 83.8 Å². The second-order valence-corrected chi connectivity index (χ2v) is 11.5. The molecule has 0 aromatic heterocycles. The van der Waals surface area contributed by atoms with Crippen LogP contribution in [0.5, 0.6) is 5.75 Å². The van der Waals surface area contributed by atoms with Crippen LogP contribution >= 0.6 is 11.6 Å². The monoisotopic (exact) mass is 585 g/mol. The average Bonchev–Trinajstić information content (AvgIpc) is 2.95. The van der Waals surface area contributed by atoms with Crippen LogP contribution in [0, 0.1) is 0 Å². The van der Waals surface area contributed by atoms with E-state index in [4.69, 9.17) is 16.3 Å². The van der Waals surface area contributed by atoms with Gasteiger partial charge in [0.2, 0.25) is 11.8 Å². The minimum Gasteiger partial charge on any atom is -0.494 e. The molecule has 0 aliphatic heterocycles. The van der Waals surface area contributed by atoms with Crippen molar-refractivity contribution >= 4 is 39.1 Å². The van der Waals surface area contributed by atoms with Gasteiger partial charge in [-0.1, -0.05) is 55.3 Å². The van der Waals surface area contributed by atoms with Crippen LogP contribution in [0.1, 0.15) is 39.2 Å². The summed E-state index contributed by atoms with van der Waals surface area (Å²) < 4.78 is 34.2. The Labute approximate surface area is 241 Å². The van der Waals surface area contributed by atoms with E-state index in [2.05, 4.69) is 5.32 Å². The Kier molecular flexibility index (Phi) is 11.4. The van der Waals surface area contributed by atoms with Crippen LogP contribution in [-0.2, 0) is 26.2 Å². The molecule has 3 aromatic carbocycles. The van der Waals surface area contributed by atoms with Crippen LogP contribution in [-0.4, -0.2) is 50.9 Å². The molecule has 1 atom stereocenters. The van der Waals surface area contributed by atoms with Crippen molar-refractivity contribution in [2.24, 2.45) is 0 Å². The molecule has 1 N–H and O–H groups in total. The SMILES string of the molecule is CCCCNC(=O)C(C)N(Cc1cccc(Cl)c1)C(=O)CN(c1ccc(OCC)cc1)S(=O)(=O)c1ccccc1. The topological polar surface area (TPSA) is 96.0 Å². The summed E-state index contributed by atoms with van der Waals surface area (Å²) in [5.41, 5.74) is 1.01. The molecule has 214 valence electrons. The van der Waals surface area contributed by atoms with Crippen molar-refractivity contribution in [3.8, 4) is 5.75 Å². The predicted molar refractivity (Wildman–Crippen MR) is 158 cm³/mol. The summed E-state index contributed by atoms with van der Waals surface area (Å²) in [6, 6.07) is 20.6. The number of sulfonamides is 1. The lowest BCUT2D eigenvalue weighted by atomic mass is 10.1. The van der Waals surface area contributed by atoms with E-state index in [0.717, 1.165) is 17.1 Å². The highest BCUT2D eigenvalue weighted by Gasteiger charge is 2.32. The van der Waals surface area contributed by atoms with Crippen molar-refractivity contribution in [1.82, 2.24) is 10.2 Å². The third kappa shape index (κ3) is 8.22. The summed E-state index contributed by atoms with van der Waals surface area (Å²) in [4.78, 5) is 28.4. The summed E-state index contributed by atoms with van der Waals surface area (Å²) >= 11 is 6.18. The van der Waals surface area contributed by atoms with Gasteiger partial charge in [0.15, 0.2) is 0 Å². The molecule has 3 aromatic rings. The molecule has 0 bridgehead atoms. The van der Waals surface area contributed by atoms with Gasteiger partial charge in [-0.25, -0.2) is 8.42 Å². The second kappa shape index (κ2) is 14.7. The zero-order chi connectivity index (χ0) is 29.1. The molecule has 3 rings (SSSR count). The third-order valence-electron chi connectivity index (χ3n) is 6.28.